The van der Waals surface area contributed by atoms with Crippen molar-refractivity contribution in [3.8, 4) is 0 Å². The van der Waals surface area contributed by atoms with Crippen LogP contribution < -0.4 is 0 Å². The predicted molar refractivity (Wildman–Crippen MR) is 134 cm³/mol. The first kappa shape index (κ1) is 24.9. The van der Waals surface area contributed by atoms with Crippen molar-refractivity contribution < 1.29 is 9.59 Å². The van der Waals surface area contributed by atoms with Crippen LogP contribution in [0.4, 0.5) is 0 Å². The fourth-order valence-electron chi connectivity index (χ4n) is 7.47. The van der Waals surface area contributed by atoms with Crippen LogP contribution in [0.3, 0.4) is 0 Å². The lowest BCUT2D eigenvalue weighted by Gasteiger charge is -2.41. The molecule has 2 nitrogen and oxygen atoms in total. The van der Waals surface area contributed by atoms with Gasteiger partial charge >= 0.3 is 0 Å². The maximum absolute atomic E-state index is 12.2. The molecule has 0 saturated heterocycles. The summed E-state index contributed by atoms with van der Waals surface area (Å²) >= 11 is 0. The van der Waals surface area contributed by atoms with Gasteiger partial charge in [-0.2, -0.15) is 0 Å². The van der Waals surface area contributed by atoms with Gasteiger partial charge in [0.25, 0.3) is 0 Å². The third kappa shape index (κ3) is 5.10. The Kier molecular flexibility index (Phi) is 8.53. The zero-order valence-corrected chi connectivity index (χ0v) is 20.8. The molecule has 0 unspecified atom stereocenters. The lowest BCUT2D eigenvalue weighted by molar-refractivity contribution is -0.125. The van der Waals surface area contributed by atoms with Gasteiger partial charge in [-0.05, 0) is 87.2 Å². The van der Waals surface area contributed by atoms with E-state index in [1.165, 1.54) is 51.4 Å². The van der Waals surface area contributed by atoms with E-state index in [4.69, 9.17) is 0 Å². The topological polar surface area (TPSA) is 34.1 Å². The molecule has 0 amide bonds. The van der Waals surface area contributed by atoms with Crippen molar-refractivity contribution in [2.75, 3.05) is 0 Å². The molecule has 4 aliphatic carbocycles. The molecule has 0 bridgehead atoms. The smallest absolute Gasteiger partial charge is 0.159 e. The highest BCUT2D eigenvalue weighted by Crippen LogP contribution is 2.53. The van der Waals surface area contributed by atoms with Crippen LogP contribution in [0.2, 0.25) is 0 Å². The molecule has 0 aromatic heterocycles. The molecule has 4 atom stereocenters. The lowest BCUT2D eigenvalue weighted by atomic mass is 9.62. The molecule has 32 heavy (non-hydrogen) atoms. The van der Waals surface area contributed by atoms with E-state index in [9.17, 15) is 9.59 Å². The molecule has 0 N–H and O–H groups in total. The van der Waals surface area contributed by atoms with Crippen molar-refractivity contribution in [2.24, 2.45) is 34.5 Å². The van der Waals surface area contributed by atoms with E-state index in [0.29, 0.717) is 34.2 Å². The predicted octanol–water partition coefficient (Wildman–Crippen LogP) is 7.81. The standard InChI is InChI=1S/2C15H22O/c2*1-3-7-13(16)14-12(2)8-6-11-15(14)9-4-5-10-15/h2*3,6-8,12,14H,4-5,9-11H2,1-2H3/b2*7-3+/t12-,14+;12-,14-/m11/s1. The quantitative estimate of drug-likeness (QED) is 0.333. The summed E-state index contributed by atoms with van der Waals surface area (Å²) in [6, 6.07) is 0. The normalized spacial score (nSPS) is 32.6. The van der Waals surface area contributed by atoms with Crippen LogP contribution in [0.1, 0.15) is 91.9 Å². The Hall–Kier alpha value is -1.70. The van der Waals surface area contributed by atoms with Crippen LogP contribution in [0, 0.1) is 34.5 Å². The van der Waals surface area contributed by atoms with E-state index in [2.05, 4.69) is 38.2 Å². The van der Waals surface area contributed by atoms with Gasteiger partial charge in [-0.1, -0.05) is 76.0 Å². The molecule has 0 aliphatic heterocycles. The van der Waals surface area contributed by atoms with Crippen molar-refractivity contribution in [2.45, 2.75) is 91.9 Å². The largest absolute Gasteiger partial charge is 0.295 e. The van der Waals surface area contributed by atoms with Gasteiger partial charge in [0.05, 0.1) is 0 Å². The van der Waals surface area contributed by atoms with Gasteiger partial charge in [-0.15, -0.1) is 0 Å². The minimum absolute atomic E-state index is 0.233. The highest BCUT2D eigenvalue weighted by atomic mass is 16.1. The molecular formula is C30H44O2. The SMILES string of the molecule is C/C=C/C(=O)[C@@H]1[C@H](C)C=CCC12CCCC2.C/C=C/C(=O)[C@H]1[C@H](C)C=CCC12CCCC2. The first-order chi connectivity index (χ1) is 15.4. The minimum atomic E-state index is 0.233. The molecule has 2 heteroatoms. The Morgan fingerprint density at radius 2 is 1.03 bits per heavy atom. The van der Waals surface area contributed by atoms with E-state index in [-0.39, 0.29) is 11.8 Å². The zero-order chi connectivity index (χ0) is 23.2. The molecule has 0 aromatic rings. The van der Waals surface area contributed by atoms with E-state index in [0.717, 1.165) is 12.8 Å². The molecule has 2 fully saturated rings. The van der Waals surface area contributed by atoms with Gasteiger partial charge in [-0.3, -0.25) is 9.59 Å². The Bertz CT molecular complexity index is 703. The first-order valence-electron chi connectivity index (χ1n) is 13.1. The van der Waals surface area contributed by atoms with E-state index in [1.807, 2.05) is 26.0 Å². The van der Waals surface area contributed by atoms with Gasteiger partial charge < -0.3 is 0 Å². The molecule has 0 aromatic carbocycles. The number of hydrogen-bond acceptors (Lipinski definition) is 2. The van der Waals surface area contributed by atoms with Crippen LogP contribution in [0.15, 0.2) is 48.6 Å². The summed E-state index contributed by atoms with van der Waals surface area (Å²) in [7, 11) is 0. The van der Waals surface area contributed by atoms with Crippen molar-refractivity contribution in [1.29, 1.82) is 0 Å². The van der Waals surface area contributed by atoms with E-state index < -0.39 is 0 Å². The van der Waals surface area contributed by atoms with Gasteiger partial charge in [0.2, 0.25) is 0 Å². The highest BCUT2D eigenvalue weighted by Gasteiger charge is 2.47. The Morgan fingerprint density at radius 1 is 0.688 bits per heavy atom. The number of rotatable bonds is 4. The summed E-state index contributed by atoms with van der Waals surface area (Å²) in [5.74, 6) is 1.99. The van der Waals surface area contributed by atoms with Crippen molar-refractivity contribution in [3.05, 3.63) is 48.6 Å². The van der Waals surface area contributed by atoms with Crippen molar-refractivity contribution in [1.82, 2.24) is 0 Å². The second kappa shape index (κ2) is 10.9. The summed E-state index contributed by atoms with van der Waals surface area (Å²) in [5, 5.41) is 0. The summed E-state index contributed by atoms with van der Waals surface area (Å²) < 4.78 is 0. The number of ketones is 2. The average Bonchev–Trinajstić information content (AvgIpc) is 3.39. The molecule has 2 saturated carbocycles. The second-order valence-corrected chi connectivity index (χ2v) is 10.9. The monoisotopic (exact) mass is 436 g/mol. The van der Waals surface area contributed by atoms with Gasteiger partial charge in [-0.25, -0.2) is 0 Å². The number of hydrogen-bond donors (Lipinski definition) is 0. The summed E-state index contributed by atoms with van der Waals surface area (Å²) in [5.41, 5.74) is 0.593. The van der Waals surface area contributed by atoms with Crippen LogP contribution in [-0.2, 0) is 9.59 Å². The van der Waals surface area contributed by atoms with Crippen LogP contribution >= 0.6 is 0 Å². The van der Waals surface area contributed by atoms with Crippen molar-refractivity contribution in [3.63, 3.8) is 0 Å². The molecule has 176 valence electrons. The molecule has 0 heterocycles. The molecule has 4 rings (SSSR count). The van der Waals surface area contributed by atoms with E-state index in [1.54, 1.807) is 12.2 Å². The number of carbonyl (C=O) groups is 2. The fourth-order valence-corrected chi connectivity index (χ4v) is 7.47. The van der Waals surface area contributed by atoms with Crippen LogP contribution in [0.5, 0.6) is 0 Å². The fraction of sp³-hybridized carbons (Fsp3) is 0.667. The summed E-state index contributed by atoms with van der Waals surface area (Å²) in [6.07, 6.45) is 28.8. The van der Waals surface area contributed by atoms with Gasteiger partial charge in [0.15, 0.2) is 11.6 Å². The minimum Gasteiger partial charge on any atom is -0.295 e. The Balaban J connectivity index is 0.000000181. The lowest BCUT2D eigenvalue weighted by Crippen LogP contribution is -2.38. The first-order valence-corrected chi connectivity index (χ1v) is 13.1. The van der Waals surface area contributed by atoms with Gasteiger partial charge in [0, 0.05) is 11.8 Å². The molecule has 4 aliphatic rings. The number of carbonyl (C=O) groups excluding carboxylic acids is 2. The maximum atomic E-state index is 12.2. The summed E-state index contributed by atoms with van der Waals surface area (Å²) in [4.78, 5) is 24.5. The third-order valence-electron chi connectivity index (χ3n) is 8.77. The average molecular weight is 437 g/mol. The number of allylic oxidation sites excluding steroid dienone is 8. The Labute approximate surface area is 196 Å². The van der Waals surface area contributed by atoms with Crippen LogP contribution in [0.25, 0.3) is 0 Å². The molecule has 2 spiro atoms. The Morgan fingerprint density at radius 3 is 1.34 bits per heavy atom. The summed E-state index contributed by atoms with van der Waals surface area (Å²) in [6.45, 7) is 8.26. The highest BCUT2D eigenvalue weighted by molar-refractivity contribution is 5.93. The van der Waals surface area contributed by atoms with Crippen molar-refractivity contribution >= 4 is 11.6 Å². The zero-order valence-electron chi connectivity index (χ0n) is 20.8. The second-order valence-electron chi connectivity index (χ2n) is 10.9. The van der Waals surface area contributed by atoms with Gasteiger partial charge in [0.1, 0.15) is 0 Å². The van der Waals surface area contributed by atoms with E-state index >= 15 is 0 Å². The molecular weight excluding hydrogens is 392 g/mol. The van der Waals surface area contributed by atoms with Crippen LogP contribution in [-0.4, -0.2) is 11.6 Å². The maximum Gasteiger partial charge on any atom is 0.159 e. The molecule has 0 radical (unpaired) electrons. The third-order valence-corrected chi connectivity index (χ3v) is 8.77.